The van der Waals surface area contributed by atoms with Gasteiger partial charge in [0, 0.05) is 5.92 Å². The number of hydrogen-bond acceptors (Lipinski definition) is 3. The Morgan fingerprint density at radius 1 is 0.958 bits per heavy atom. The van der Waals surface area contributed by atoms with Gasteiger partial charge in [0.25, 0.3) is 0 Å². The summed E-state index contributed by atoms with van der Waals surface area (Å²) in [7, 11) is 0. The molecular formula is C21H34O3. The number of rotatable bonds is 2. The Balaban J connectivity index is 1.60. The van der Waals surface area contributed by atoms with Crippen molar-refractivity contribution in [3.8, 4) is 0 Å². The Hall–Kier alpha value is -0.410. The van der Waals surface area contributed by atoms with Gasteiger partial charge in [-0.1, -0.05) is 13.8 Å². The molecule has 2 N–H and O–H groups in total. The van der Waals surface area contributed by atoms with Crippen molar-refractivity contribution in [1.29, 1.82) is 0 Å². The van der Waals surface area contributed by atoms with E-state index in [2.05, 4.69) is 13.8 Å². The molecule has 0 radical (unpaired) electrons. The molecular weight excluding hydrogens is 300 g/mol. The highest BCUT2D eigenvalue weighted by Crippen LogP contribution is 2.67. The maximum atomic E-state index is 12.3. The highest BCUT2D eigenvalue weighted by atomic mass is 16.3. The van der Waals surface area contributed by atoms with Gasteiger partial charge in [-0.25, -0.2) is 0 Å². The van der Waals surface area contributed by atoms with Crippen LogP contribution in [0.5, 0.6) is 0 Å². The maximum Gasteiger partial charge on any atom is 0.161 e. The van der Waals surface area contributed by atoms with Crippen LogP contribution in [0.1, 0.15) is 71.6 Å². The van der Waals surface area contributed by atoms with Crippen molar-refractivity contribution >= 4 is 5.78 Å². The van der Waals surface area contributed by atoms with Crippen LogP contribution in [0.15, 0.2) is 0 Å². The van der Waals surface area contributed by atoms with Crippen LogP contribution >= 0.6 is 0 Å². The van der Waals surface area contributed by atoms with E-state index in [1.54, 1.807) is 0 Å². The molecule has 4 aliphatic carbocycles. The molecule has 3 heteroatoms. The Kier molecular flexibility index (Phi) is 4.12. The largest absolute Gasteiger partial charge is 0.393 e. The summed E-state index contributed by atoms with van der Waals surface area (Å²) in [5.74, 6) is 3.08. The predicted octanol–water partition coefficient (Wildman–Crippen LogP) is 3.57. The summed E-state index contributed by atoms with van der Waals surface area (Å²) in [5.41, 5.74) is 0.529. The highest BCUT2D eigenvalue weighted by Gasteiger charge is 2.60. The third-order valence-electron chi connectivity index (χ3n) is 9.18. The van der Waals surface area contributed by atoms with Crippen LogP contribution in [0.25, 0.3) is 0 Å². The van der Waals surface area contributed by atoms with E-state index in [0.717, 1.165) is 37.5 Å². The molecule has 0 bridgehead atoms. The minimum absolute atomic E-state index is 0.0773. The smallest absolute Gasteiger partial charge is 0.161 e. The number of fused-ring (bicyclic) bond motifs is 5. The van der Waals surface area contributed by atoms with E-state index in [9.17, 15) is 15.0 Å². The second kappa shape index (κ2) is 5.81. The summed E-state index contributed by atoms with van der Waals surface area (Å²) in [6.45, 7) is 4.57. The fourth-order valence-electron chi connectivity index (χ4n) is 7.87. The molecule has 0 saturated heterocycles. The zero-order chi connectivity index (χ0) is 17.1. The normalized spacial score (nSPS) is 53.8. The van der Waals surface area contributed by atoms with Gasteiger partial charge >= 0.3 is 0 Å². The number of carbonyl (C=O) groups excluding carboxylic acids is 1. The van der Waals surface area contributed by atoms with E-state index in [-0.39, 0.29) is 29.8 Å². The van der Waals surface area contributed by atoms with Crippen molar-refractivity contribution in [3.63, 3.8) is 0 Å². The molecule has 0 aromatic heterocycles. The lowest BCUT2D eigenvalue weighted by Gasteiger charge is -2.60. The first-order chi connectivity index (χ1) is 11.4. The average molecular weight is 335 g/mol. The molecule has 0 heterocycles. The van der Waals surface area contributed by atoms with Crippen LogP contribution in [0.2, 0.25) is 0 Å². The molecule has 24 heavy (non-hydrogen) atoms. The number of hydrogen-bond donors (Lipinski definition) is 2. The van der Waals surface area contributed by atoms with Gasteiger partial charge in [-0.2, -0.15) is 0 Å². The molecule has 0 spiro atoms. The minimum atomic E-state index is -0.279. The van der Waals surface area contributed by atoms with E-state index in [1.807, 2.05) is 0 Å². The molecule has 0 aromatic carbocycles. The molecule has 4 rings (SSSR count). The zero-order valence-electron chi connectivity index (χ0n) is 15.3. The monoisotopic (exact) mass is 334 g/mol. The first-order valence-corrected chi connectivity index (χ1v) is 10.2. The topological polar surface area (TPSA) is 57.5 Å². The van der Waals surface area contributed by atoms with Crippen LogP contribution in [-0.2, 0) is 4.79 Å². The van der Waals surface area contributed by atoms with Crippen molar-refractivity contribution < 1.29 is 15.0 Å². The number of ketones is 1. The SMILES string of the molecule is CC12CC[C@H](O)CC1CCC1C2CC[C@]2(C)C(C(=O)CO)CCC12. The fourth-order valence-corrected chi connectivity index (χ4v) is 7.87. The van der Waals surface area contributed by atoms with Crippen molar-refractivity contribution in [3.05, 3.63) is 0 Å². The maximum absolute atomic E-state index is 12.3. The summed E-state index contributed by atoms with van der Waals surface area (Å²) < 4.78 is 0. The molecule has 136 valence electrons. The van der Waals surface area contributed by atoms with Gasteiger partial charge in [0.2, 0.25) is 0 Å². The zero-order valence-corrected chi connectivity index (χ0v) is 15.3. The summed E-state index contributed by atoms with van der Waals surface area (Å²) in [4.78, 5) is 12.3. The van der Waals surface area contributed by atoms with E-state index in [4.69, 9.17) is 0 Å². The van der Waals surface area contributed by atoms with E-state index >= 15 is 0 Å². The van der Waals surface area contributed by atoms with Crippen molar-refractivity contribution in [1.82, 2.24) is 0 Å². The van der Waals surface area contributed by atoms with Gasteiger partial charge < -0.3 is 10.2 Å². The number of aliphatic hydroxyl groups excluding tert-OH is 2. The van der Waals surface area contributed by atoms with Crippen molar-refractivity contribution in [2.24, 2.45) is 40.4 Å². The van der Waals surface area contributed by atoms with Crippen molar-refractivity contribution in [2.75, 3.05) is 6.61 Å². The number of Topliss-reactive ketones (excluding diaryl/α,β-unsaturated/α-hetero) is 1. The van der Waals surface area contributed by atoms with Crippen LogP contribution < -0.4 is 0 Å². The fraction of sp³-hybridized carbons (Fsp3) is 0.952. The Bertz CT molecular complexity index is 517. The van der Waals surface area contributed by atoms with Gasteiger partial charge in [0.05, 0.1) is 6.10 Å². The van der Waals surface area contributed by atoms with Crippen LogP contribution in [0.4, 0.5) is 0 Å². The molecule has 8 atom stereocenters. The van der Waals surface area contributed by atoms with Gasteiger partial charge in [-0.3, -0.25) is 4.79 Å². The number of aliphatic hydroxyl groups is 2. The average Bonchev–Trinajstić information content (AvgIpc) is 2.92. The van der Waals surface area contributed by atoms with Gasteiger partial charge in [0.1, 0.15) is 6.61 Å². The molecule has 0 aromatic rings. The molecule has 0 amide bonds. The molecule has 3 nitrogen and oxygen atoms in total. The summed E-state index contributed by atoms with van der Waals surface area (Å²) in [5, 5.41) is 19.5. The summed E-state index contributed by atoms with van der Waals surface area (Å²) in [6.07, 6.45) is 10.2. The third kappa shape index (κ3) is 2.26. The van der Waals surface area contributed by atoms with Crippen molar-refractivity contribution in [2.45, 2.75) is 77.7 Å². The first kappa shape index (κ1) is 17.0. The lowest BCUT2D eigenvalue weighted by Crippen LogP contribution is -2.54. The number of carbonyl (C=O) groups is 1. The molecule has 4 aliphatic rings. The lowest BCUT2D eigenvalue weighted by molar-refractivity contribution is -0.141. The first-order valence-electron chi connectivity index (χ1n) is 10.2. The summed E-state index contributed by atoms with van der Waals surface area (Å²) >= 11 is 0. The molecule has 4 saturated carbocycles. The second-order valence-corrected chi connectivity index (χ2v) is 9.88. The summed E-state index contributed by atoms with van der Waals surface area (Å²) in [6, 6.07) is 0. The Labute approximate surface area is 146 Å². The van der Waals surface area contributed by atoms with Gasteiger partial charge in [-0.15, -0.1) is 0 Å². The molecule has 4 fully saturated rings. The second-order valence-electron chi connectivity index (χ2n) is 9.88. The Morgan fingerprint density at radius 3 is 2.42 bits per heavy atom. The highest BCUT2D eigenvalue weighted by molar-refractivity contribution is 5.83. The molecule has 6 unspecified atom stereocenters. The van der Waals surface area contributed by atoms with E-state index < -0.39 is 0 Å². The molecule has 0 aliphatic heterocycles. The predicted molar refractivity (Wildman–Crippen MR) is 93.3 cm³/mol. The standard InChI is InChI=1S/C21H34O3/c1-20-9-7-14(23)11-13(20)3-4-15-16-5-6-18(19(24)12-22)21(16,2)10-8-17(15)20/h13-18,22-23H,3-12H2,1-2H3/t13?,14-,15?,16?,17?,18?,20?,21-/m0/s1. The van der Waals surface area contributed by atoms with Gasteiger partial charge in [-0.05, 0) is 92.3 Å². The van der Waals surface area contributed by atoms with Crippen LogP contribution in [0, 0.1) is 40.4 Å². The van der Waals surface area contributed by atoms with Crippen LogP contribution in [-0.4, -0.2) is 28.7 Å². The quantitative estimate of drug-likeness (QED) is 0.812. The van der Waals surface area contributed by atoms with Gasteiger partial charge in [0.15, 0.2) is 5.78 Å². The minimum Gasteiger partial charge on any atom is -0.393 e. The van der Waals surface area contributed by atoms with Crippen LogP contribution in [0.3, 0.4) is 0 Å². The van der Waals surface area contributed by atoms with E-state index in [1.165, 1.54) is 32.1 Å². The Morgan fingerprint density at radius 2 is 1.67 bits per heavy atom. The van der Waals surface area contributed by atoms with E-state index in [0.29, 0.717) is 17.3 Å². The third-order valence-corrected chi connectivity index (χ3v) is 9.18. The lowest BCUT2D eigenvalue weighted by atomic mass is 9.44.